The summed E-state index contributed by atoms with van der Waals surface area (Å²) in [6, 6.07) is 0.559. The lowest BCUT2D eigenvalue weighted by Gasteiger charge is -2.34. The number of rotatable bonds is 2. The Labute approximate surface area is 88.5 Å². The fourth-order valence-electron chi connectivity index (χ4n) is 1.30. The van der Waals surface area contributed by atoms with E-state index in [0.29, 0.717) is 12.1 Å². The summed E-state index contributed by atoms with van der Waals surface area (Å²) in [5, 5.41) is 0. The molecule has 0 aromatic carbocycles. The quantitative estimate of drug-likeness (QED) is 0.555. The van der Waals surface area contributed by atoms with Crippen LogP contribution in [0.4, 0.5) is 0 Å². The molecule has 4 heteroatoms. The van der Waals surface area contributed by atoms with Gasteiger partial charge in [0.25, 0.3) is 0 Å². The van der Waals surface area contributed by atoms with Crippen molar-refractivity contribution >= 4 is 22.9 Å². The van der Waals surface area contributed by atoms with E-state index in [1.807, 2.05) is 0 Å². The first-order chi connectivity index (χ1) is 5.59. The van der Waals surface area contributed by atoms with Crippen molar-refractivity contribution in [3.8, 4) is 0 Å². The Morgan fingerprint density at radius 2 is 2.25 bits per heavy atom. The van der Waals surface area contributed by atoms with Crippen LogP contribution in [0.3, 0.4) is 0 Å². The molecule has 12 heavy (non-hydrogen) atoms. The zero-order valence-electron chi connectivity index (χ0n) is 7.96. The molecule has 0 bridgehead atoms. The predicted octanol–water partition coefficient (Wildman–Crippen LogP) is 0.987. The molecule has 1 aliphatic heterocycles. The minimum absolute atomic E-state index is 0.382. The summed E-state index contributed by atoms with van der Waals surface area (Å²) in [6.45, 7) is 5.12. The Bertz CT molecular complexity index is 143. The molecule has 2 atom stereocenters. The van der Waals surface area contributed by atoms with Crippen molar-refractivity contribution in [3.63, 3.8) is 0 Å². The number of hydrogen-bond acceptors (Lipinski definition) is 3. The molecule has 1 heterocycles. The van der Waals surface area contributed by atoms with E-state index in [-0.39, 0.29) is 0 Å². The molecule has 1 rings (SSSR count). The summed E-state index contributed by atoms with van der Waals surface area (Å²) in [4.78, 5) is 2.17. The molecular formula is C8H17IN2O. The summed E-state index contributed by atoms with van der Waals surface area (Å²) in [6.07, 6.45) is 0.382. The molecule has 3 nitrogen and oxygen atoms in total. The van der Waals surface area contributed by atoms with Gasteiger partial charge in [0.1, 0.15) is 0 Å². The smallest absolute Gasteiger partial charge is 0.0837 e. The van der Waals surface area contributed by atoms with Crippen LogP contribution in [0.5, 0.6) is 0 Å². The van der Waals surface area contributed by atoms with Crippen LogP contribution >= 0.6 is 22.9 Å². The van der Waals surface area contributed by atoms with Crippen LogP contribution in [0.1, 0.15) is 6.92 Å². The lowest BCUT2D eigenvalue weighted by Crippen LogP contribution is -2.46. The van der Waals surface area contributed by atoms with E-state index in [2.05, 4.69) is 51.9 Å². The molecular weight excluding hydrogens is 267 g/mol. The Balaban J connectivity index is 2.30. The Morgan fingerprint density at radius 3 is 2.75 bits per heavy atom. The van der Waals surface area contributed by atoms with Gasteiger partial charge < -0.3 is 9.64 Å². The monoisotopic (exact) mass is 284 g/mol. The summed E-state index contributed by atoms with van der Waals surface area (Å²) < 4.78 is 8.01. The highest BCUT2D eigenvalue weighted by molar-refractivity contribution is 14.1. The molecule has 2 unspecified atom stereocenters. The highest BCUT2D eigenvalue weighted by Gasteiger charge is 2.24. The molecule has 0 spiro atoms. The van der Waals surface area contributed by atoms with Crippen molar-refractivity contribution in [2.24, 2.45) is 0 Å². The summed E-state index contributed by atoms with van der Waals surface area (Å²) in [5.41, 5.74) is 0. The van der Waals surface area contributed by atoms with Crippen LogP contribution in [0.2, 0.25) is 0 Å². The van der Waals surface area contributed by atoms with E-state index in [0.717, 1.165) is 19.7 Å². The van der Waals surface area contributed by atoms with Gasteiger partial charge in [-0.15, -0.1) is 0 Å². The second-order valence-electron chi connectivity index (χ2n) is 3.65. The lowest BCUT2D eigenvalue weighted by atomic mass is 10.2. The standard InChI is InChI=1S/C8H17IN2O/c1-7-6-12-8(4-10(2)3)5-11(7)9/h7-8H,4-6H2,1-3H3. The molecule has 0 aromatic heterocycles. The third-order valence-electron chi connectivity index (χ3n) is 2.00. The van der Waals surface area contributed by atoms with Gasteiger partial charge in [0.05, 0.1) is 12.7 Å². The summed E-state index contributed by atoms with van der Waals surface area (Å²) >= 11 is 2.38. The second-order valence-corrected chi connectivity index (χ2v) is 4.89. The average molecular weight is 284 g/mol. The van der Waals surface area contributed by atoms with Crippen LogP contribution in [0.25, 0.3) is 0 Å². The van der Waals surface area contributed by atoms with E-state index in [4.69, 9.17) is 4.74 Å². The fourth-order valence-corrected chi connectivity index (χ4v) is 1.90. The van der Waals surface area contributed by atoms with Gasteiger partial charge in [0.15, 0.2) is 0 Å². The molecule has 72 valence electrons. The van der Waals surface area contributed by atoms with Gasteiger partial charge in [-0.3, -0.25) is 0 Å². The third kappa shape index (κ3) is 3.16. The van der Waals surface area contributed by atoms with Gasteiger partial charge in [-0.2, -0.15) is 0 Å². The van der Waals surface area contributed by atoms with Crippen molar-refractivity contribution in [1.82, 2.24) is 8.01 Å². The zero-order chi connectivity index (χ0) is 9.14. The maximum Gasteiger partial charge on any atom is 0.0837 e. The van der Waals surface area contributed by atoms with E-state index in [1.54, 1.807) is 0 Å². The van der Waals surface area contributed by atoms with E-state index in [1.165, 1.54) is 0 Å². The molecule has 0 aliphatic carbocycles. The molecule has 1 aliphatic rings. The highest BCUT2D eigenvalue weighted by Crippen LogP contribution is 2.15. The maximum atomic E-state index is 5.68. The van der Waals surface area contributed by atoms with Crippen molar-refractivity contribution < 1.29 is 4.74 Å². The van der Waals surface area contributed by atoms with Crippen molar-refractivity contribution in [3.05, 3.63) is 0 Å². The van der Waals surface area contributed by atoms with Crippen molar-refractivity contribution in [2.75, 3.05) is 33.8 Å². The van der Waals surface area contributed by atoms with Gasteiger partial charge in [0.2, 0.25) is 0 Å². The van der Waals surface area contributed by atoms with E-state index in [9.17, 15) is 0 Å². The van der Waals surface area contributed by atoms with E-state index >= 15 is 0 Å². The van der Waals surface area contributed by atoms with Crippen LogP contribution in [0.15, 0.2) is 0 Å². The SMILES string of the molecule is CC1COC(CN(C)C)CN1I. The zero-order valence-corrected chi connectivity index (χ0v) is 10.1. The molecule has 0 amide bonds. The summed E-state index contributed by atoms with van der Waals surface area (Å²) in [7, 11) is 4.16. The maximum absolute atomic E-state index is 5.68. The first-order valence-corrected chi connectivity index (χ1v) is 5.25. The molecule has 1 fully saturated rings. The third-order valence-corrected chi connectivity index (χ3v) is 3.34. The Hall–Kier alpha value is 0.610. The van der Waals surface area contributed by atoms with Crippen LogP contribution in [0, 0.1) is 0 Å². The predicted molar refractivity (Wildman–Crippen MR) is 58.5 cm³/mol. The Morgan fingerprint density at radius 1 is 1.58 bits per heavy atom. The number of nitrogens with zero attached hydrogens (tertiary/aromatic N) is 2. The molecule has 0 aromatic rings. The van der Waals surface area contributed by atoms with Gasteiger partial charge >= 0.3 is 0 Å². The number of likely N-dealkylation sites (N-methyl/N-ethyl adjacent to an activating group) is 1. The van der Waals surface area contributed by atoms with E-state index < -0.39 is 0 Å². The number of morpholine rings is 1. The number of ether oxygens (including phenoxy) is 1. The number of halogens is 1. The molecule has 0 saturated carbocycles. The molecule has 0 N–H and O–H groups in total. The molecule has 0 radical (unpaired) electrons. The topological polar surface area (TPSA) is 15.7 Å². The van der Waals surface area contributed by atoms with Crippen molar-refractivity contribution in [1.29, 1.82) is 0 Å². The number of hydrogen-bond donors (Lipinski definition) is 0. The van der Waals surface area contributed by atoms with Gasteiger partial charge in [-0.1, -0.05) is 0 Å². The molecule has 1 saturated heterocycles. The van der Waals surface area contributed by atoms with Gasteiger partial charge in [-0.05, 0) is 21.0 Å². The second kappa shape index (κ2) is 4.74. The first kappa shape index (κ1) is 10.7. The van der Waals surface area contributed by atoms with Crippen molar-refractivity contribution in [2.45, 2.75) is 19.1 Å². The lowest BCUT2D eigenvalue weighted by molar-refractivity contribution is -0.0282. The highest BCUT2D eigenvalue weighted by atomic mass is 127. The largest absolute Gasteiger partial charge is 0.374 e. The normalized spacial score (nSPS) is 32.8. The first-order valence-electron chi connectivity index (χ1n) is 4.28. The average Bonchev–Trinajstić information content (AvgIpc) is 1.96. The van der Waals surface area contributed by atoms with Gasteiger partial charge in [-0.25, -0.2) is 3.11 Å². The van der Waals surface area contributed by atoms with Crippen LogP contribution in [-0.4, -0.2) is 54.0 Å². The Kier molecular flexibility index (Phi) is 4.22. The van der Waals surface area contributed by atoms with Gasteiger partial charge in [0, 0.05) is 42.0 Å². The summed E-state index contributed by atoms with van der Waals surface area (Å²) in [5.74, 6) is 0. The minimum Gasteiger partial charge on any atom is -0.374 e. The van der Waals surface area contributed by atoms with Crippen LogP contribution < -0.4 is 0 Å². The van der Waals surface area contributed by atoms with Crippen LogP contribution in [-0.2, 0) is 4.74 Å². The minimum atomic E-state index is 0.382. The fraction of sp³-hybridized carbons (Fsp3) is 1.00.